The van der Waals surface area contributed by atoms with Gasteiger partial charge in [-0.1, -0.05) is 30.0 Å². The van der Waals surface area contributed by atoms with Crippen LogP contribution in [-0.4, -0.2) is 80.0 Å². The third-order valence-electron chi connectivity index (χ3n) is 7.64. The van der Waals surface area contributed by atoms with Crippen molar-refractivity contribution in [1.29, 1.82) is 0 Å². The summed E-state index contributed by atoms with van der Waals surface area (Å²) < 4.78 is 52.7. The molecule has 226 valence electrons. The zero-order valence-electron chi connectivity index (χ0n) is 23.9. The largest absolute Gasteiger partial charge is 0.463 e. The van der Waals surface area contributed by atoms with E-state index in [4.69, 9.17) is 28.9 Å². The fraction of sp³-hybridized carbons (Fsp3) is 0.607. The molecule has 1 aromatic carbocycles. The minimum atomic E-state index is -0.859. The number of nitrogens with one attached hydrogen (secondary N) is 1. The number of esters is 1. The smallest absolute Gasteiger partial charge is 0.302 e. The second-order valence-electron chi connectivity index (χ2n) is 11.3. The van der Waals surface area contributed by atoms with Gasteiger partial charge in [-0.3, -0.25) is 4.79 Å². The van der Waals surface area contributed by atoms with E-state index in [1.807, 2.05) is 13.8 Å². The molecule has 2 aliphatic carbocycles. The molecule has 14 heteroatoms. The van der Waals surface area contributed by atoms with Crippen molar-refractivity contribution < 1.29 is 32.5 Å². The molecule has 3 aliphatic rings. The summed E-state index contributed by atoms with van der Waals surface area (Å²) in [6, 6.07) is 3.74. The summed E-state index contributed by atoms with van der Waals surface area (Å²) in [7, 11) is 0. The first-order valence-corrected chi connectivity index (χ1v) is 15.2. The molecule has 0 amide bonds. The Balaban J connectivity index is 1.27. The number of nitrogens with zero attached hydrogens (tertiary/aromatic N) is 5. The van der Waals surface area contributed by atoms with E-state index in [9.17, 15) is 13.6 Å². The normalized spacial score (nSPS) is 27.8. The molecule has 4 unspecified atom stereocenters. The van der Waals surface area contributed by atoms with Gasteiger partial charge in [-0.25, -0.2) is 23.4 Å². The number of aromatic nitrogens is 5. The zero-order valence-corrected chi connectivity index (χ0v) is 24.7. The van der Waals surface area contributed by atoms with Crippen LogP contribution in [0.1, 0.15) is 64.5 Å². The van der Waals surface area contributed by atoms with Gasteiger partial charge in [-0.05, 0) is 44.4 Å². The Morgan fingerprint density at radius 3 is 2.74 bits per heavy atom. The Hall–Kier alpha value is -2.94. The van der Waals surface area contributed by atoms with E-state index in [-0.39, 0.29) is 55.5 Å². The Bertz CT molecular complexity index is 1470. The predicted octanol–water partition coefficient (Wildman–Crippen LogP) is 4.38. The lowest BCUT2D eigenvalue weighted by Gasteiger charge is -2.23. The number of carbonyl (C=O) groups is 1. The summed E-state index contributed by atoms with van der Waals surface area (Å²) in [4.78, 5) is 20.8. The van der Waals surface area contributed by atoms with Gasteiger partial charge in [0.15, 0.2) is 39.6 Å². The second kappa shape index (κ2) is 11.6. The average Bonchev–Trinajstić information content (AvgIpc) is 3.28. The number of hydrogen-bond acceptors (Lipinski definition) is 11. The highest BCUT2D eigenvalue weighted by molar-refractivity contribution is 7.99. The molecule has 6 rings (SSSR count). The summed E-state index contributed by atoms with van der Waals surface area (Å²) in [6.45, 7) is 7.56. The van der Waals surface area contributed by atoms with Crippen LogP contribution >= 0.6 is 11.8 Å². The maximum Gasteiger partial charge on any atom is 0.302 e. The second-order valence-corrected chi connectivity index (χ2v) is 12.4. The minimum absolute atomic E-state index is 0.0136. The molecule has 42 heavy (non-hydrogen) atoms. The van der Waals surface area contributed by atoms with E-state index in [1.54, 1.807) is 22.5 Å². The zero-order chi connectivity index (χ0) is 29.6. The Morgan fingerprint density at radius 1 is 1.17 bits per heavy atom. The highest BCUT2D eigenvalue weighted by Crippen LogP contribution is 2.47. The van der Waals surface area contributed by atoms with Gasteiger partial charge < -0.3 is 24.3 Å². The van der Waals surface area contributed by atoms with E-state index in [1.165, 1.54) is 13.0 Å². The molecule has 2 saturated carbocycles. The van der Waals surface area contributed by atoms with Gasteiger partial charge in [0.1, 0.15) is 18.8 Å². The van der Waals surface area contributed by atoms with Gasteiger partial charge in [0.05, 0.1) is 18.8 Å². The quantitative estimate of drug-likeness (QED) is 0.145. The number of rotatable bonds is 11. The van der Waals surface area contributed by atoms with Crippen molar-refractivity contribution in [3.05, 3.63) is 35.4 Å². The lowest BCUT2D eigenvalue weighted by molar-refractivity contribution is -0.171. The Labute approximate surface area is 246 Å². The summed E-state index contributed by atoms with van der Waals surface area (Å²) in [5.74, 6) is -1.47. The molecule has 0 spiro atoms. The van der Waals surface area contributed by atoms with Crippen molar-refractivity contribution in [2.75, 3.05) is 24.3 Å². The van der Waals surface area contributed by atoms with Crippen LogP contribution in [-0.2, 0) is 23.7 Å². The lowest BCUT2D eigenvalue weighted by atomic mass is 10.1. The molecule has 0 bridgehead atoms. The molecular formula is C28H34F2N6O5S. The van der Waals surface area contributed by atoms with Crippen molar-refractivity contribution in [1.82, 2.24) is 25.0 Å². The van der Waals surface area contributed by atoms with Crippen molar-refractivity contribution in [3.8, 4) is 0 Å². The van der Waals surface area contributed by atoms with Crippen LogP contribution in [0.15, 0.2) is 23.4 Å². The number of hydrogen-bond donors (Lipinski definition) is 1. The minimum Gasteiger partial charge on any atom is -0.463 e. The molecule has 0 radical (unpaired) electrons. The molecule has 1 aliphatic heterocycles. The van der Waals surface area contributed by atoms with Gasteiger partial charge in [-0.15, -0.1) is 5.10 Å². The van der Waals surface area contributed by atoms with Crippen LogP contribution in [0.25, 0.3) is 11.2 Å². The number of anilines is 1. The lowest BCUT2D eigenvalue weighted by Crippen LogP contribution is -2.31. The molecule has 1 saturated heterocycles. The Kier molecular flexibility index (Phi) is 8.07. The van der Waals surface area contributed by atoms with Crippen molar-refractivity contribution in [3.63, 3.8) is 0 Å². The fourth-order valence-electron chi connectivity index (χ4n) is 5.73. The maximum atomic E-state index is 13.9. The van der Waals surface area contributed by atoms with Crippen LogP contribution in [0.5, 0.6) is 0 Å². The summed E-state index contributed by atoms with van der Waals surface area (Å²) in [5.41, 5.74) is 1.81. The SMILES string of the molecule is CCCSc1nc(NC2CC2c2ccc(F)c(F)c2)c2nnn(C3CC(OCCOC(C)=O)[C@H]4OC(C)(C)O[C@@H]34)c2n1. The maximum absolute atomic E-state index is 13.9. The number of thioether (sulfide) groups is 1. The monoisotopic (exact) mass is 604 g/mol. The molecule has 3 heterocycles. The molecule has 1 N–H and O–H groups in total. The van der Waals surface area contributed by atoms with Gasteiger partial charge in [-0.2, -0.15) is 0 Å². The molecule has 6 atom stereocenters. The highest BCUT2D eigenvalue weighted by atomic mass is 32.2. The molecule has 3 fully saturated rings. The van der Waals surface area contributed by atoms with Crippen molar-refractivity contribution in [2.45, 2.75) is 94.2 Å². The number of ether oxygens (including phenoxy) is 4. The van der Waals surface area contributed by atoms with Crippen LogP contribution in [0.3, 0.4) is 0 Å². The first-order chi connectivity index (χ1) is 20.1. The van der Waals surface area contributed by atoms with Gasteiger partial charge in [0.25, 0.3) is 0 Å². The molecule has 3 aromatic rings. The Morgan fingerprint density at radius 2 is 1.98 bits per heavy atom. The number of fused-ring (bicyclic) bond motifs is 2. The van der Waals surface area contributed by atoms with E-state index in [0.717, 1.165) is 30.2 Å². The van der Waals surface area contributed by atoms with Crippen molar-refractivity contribution >= 4 is 34.7 Å². The van der Waals surface area contributed by atoms with Crippen molar-refractivity contribution in [2.24, 2.45) is 0 Å². The molecule has 11 nitrogen and oxygen atoms in total. The van der Waals surface area contributed by atoms with Gasteiger partial charge >= 0.3 is 5.97 Å². The standard InChI is InChI=1S/C28H34F2N6O5S/c1-5-10-42-27-32-25(31-19-12-16(19)15-6-7-17(29)18(30)11-15)22-26(33-27)36(35-34-22)20-13-21(39-9-8-38-14(2)37)24-23(20)40-28(3,4)41-24/h6-7,11,16,19-21,23-24H,5,8-10,12-13H2,1-4H3,(H,31,32,33)/t16?,19?,20?,21?,23-,24+/m0/s1. The summed E-state index contributed by atoms with van der Waals surface area (Å²) >= 11 is 1.54. The molecular weight excluding hydrogens is 570 g/mol. The van der Waals surface area contributed by atoms with E-state index in [0.29, 0.717) is 28.6 Å². The van der Waals surface area contributed by atoms with Gasteiger partial charge in [0.2, 0.25) is 0 Å². The first kappa shape index (κ1) is 29.1. The van der Waals surface area contributed by atoms with Gasteiger partial charge in [0, 0.05) is 31.1 Å². The van der Waals surface area contributed by atoms with E-state index < -0.39 is 17.4 Å². The average molecular weight is 605 g/mol. The molecule has 2 aromatic heterocycles. The number of halogens is 2. The predicted molar refractivity (Wildman–Crippen MR) is 149 cm³/mol. The van der Waals surface area contributed by atoms with Crippen LogP contribution in [0, 0.1) is 11.6 Å². The number of carbonyl (C=O) groups excluding carboxylic acids is 1. The number of benzene rings is 1. The van der Waals surface area contributed by atoms with Crippen LogP contribution < -0.4 is 5.32 Å². The highest BCUT2D eigenvalue weighted by Gasteiger charge is 2.56. The summed E-state index contributed by atoms with van der Waals surface area (Å²) in [6.07, 6.45) is 1.22. The third kappa shape index (κ3) is 5.94. The van der Waals surface area contributed by atoms with E-state index in [2.05, 4.69) is 22.6 Å². The van der Waals surface area contributed by atoms with Crippen LogP contribution in [0.4, 0.5) is 14.6 Å². The fourth-order valence-corrected chi connectivity index (χ4v) is 6.42. The summed E-state index contributed by atoms with van der Waals surface area (Å²) in [5, 5.41) is 13.0. The van der Waals surface area contributed by atoms with E-state index >= 15 is 0 Å². The third-order valence-corrected chi connectivity index (χ3v) is 8.69. The first-order valence-electron chi connectivity index (χ1n) is 14.2. The topological polar surface area (TPSA) is 123 Å². The van der Waals surface area contributed by atoms with Crippen LogP contribution in [0.2, 0.25) is 0 Å².